The second kappa shape index (κ2) is 6.72. The topological polar surface area (TPSA) is 33.1 Å². The van der Waals surface area contributed by atoms with E-state index in [0.29, 0.717) is 12.1 Å². The van der Waals surface area contributed by atoms with Crippen LogP contribution in [0.3, 0.4) is 0 Å². The smallest absolute Gasteiger partial charge is 0.0540 e. The summed E-state index contributed by atoms with van der Waals surface area (Å²) in [4.78, 5) is 2.55. The Labute approximate surface area is 123 Å². The zero-order valence-electron chi connectivity index (χ0n) is 13.7. The summed E-state index contributed by atoms with van der Waals surface area (Å²) in [5, 5.41) is 8.13. The molecule has 0 spiro atoms. The van der Waals surface area contributed by atoms with Gasteiger partial charge in [-0.1, -0.05) is 6.92 Å². The van der Waals surface area contributed by atoms with Gasteiger partial charge in [-0.2, -0.15) is 5.10 Å². The number of hydrogen-bond donors (Lipinski definition) is 1. The van der Waals surface area contributed by atoms with Crippen molar-refractivity contribution in [2.24, 2.45) is 13.0 Å². The lowest BCUT2D eigenvalue weighted by atomic mass is 9.89. The number of nitrogens with zero attached hydrogens (tertiary/aromatic N) is 3. The van der Waals surface area contributed by atoms with Gasteiger partial charge in [-0.3, -0.25) is 4.68 Å². The molecular formula is C16H30N4. The number of hydrogen-bond acceptors (Lipinski definition) is 3. The highest BCUT2D eigenvalue weighted by atomic mass is 15.3. The molecule has 1 aliphatic rings. The van der Waals surface area contributed by atoms with Crippen LogP contribution in [0.2, 0.25) is 0 Å². The Hall–Kier alpha value is -0.870. The zero-order valence-corrected chi connectivity index (χ0v) is 13.7. The number of rotatable bonds is 5. The van der Waals surface area contributed by atoms with E-state index in [1.807, 2.05) is 17.9 Å². The highest BCUT2D eigenvalue weighted by Gasteiger charge is 2.24. The minimum atomic E-state index is 0.378. The number of aryl methyl sites for hydroxylation is 1. The van der Waals surface area contributed by atoms with Crippen LogP contribution >= 0.6 is 0 Å². The fourth-order valence-corrected chi connectivity index (χ4v) is 3.33. The minimum Gasteiger partial charge on any atom is -0.307 e. The Morgan fingerprint density at radius 1 is 1.35 bits per heavy atom. The Morgan fingerprint density at radius 2 is 2.00 bits per heavy atom. The summed E-state index contributed by atoms with van der Waals surface area (Å²) in [7, 11) is 2.01. The van der Waals surface area contributed by atoms with Crippen LogP contribution in [-0.2, 0) is 7.05 Å². The van der Waals surface area contributed by atoms with Gasteiger partial charge in [0.05, 0.1) is 6.20 Å². The van der Waals surface area contributed by atoms with E-state index in [0.717, 1.165) is 5.92 Å². The van der Waals surface area contributed by atoms with Crippen molar-refractivity contribution in [3.8, 4) is 0 Å². The van der Waals surface area contributed by atoms with Crippen LogP contribution in [0.15, 0.2) is 6.20 Å². The first kappa shape index (κ1) is 15.5. The van der Waals surface area contributed by atoms with E-state index in [1.54, 1.807) is 0 Å². The molecule has 0 amide bonds. The van der Waals surface area contributed by atoms with Crippen LogP contribution < -0.4 is 5.32 Å². The molecule has 0 aliphatic carbocycles. The normalized spacial score (nSPS) is 21.1. The van der Waals surface area contributed by atoms with Crippen LogP contribution in [0.5, 0.6) is 0 Å². The van der Waals surface area contributed by atoms with Gasteiger partial charge < -0.3 is 10.2 Å². The lowest BCUT2D eigenvalue weighted by Gasteiger charge is -2.35. The van der Waals surface area contributed by atoms with Crippen molar-refractivity contribution < 1.29 is 0 Å². The molecule has 0 aromatic carbocycles. The van der Waals surface area contributed by atoms with Gasteiger partial charge in [0, 0.05) is 30.4 Å². The Morgan fingerprint density at radius 3 is 2.50 bits per heavy atom. The van der Waals surface area contributed by atoms with Gasteiger partial charge in [-0.05, 0) is 59.2 Å². The predicted molar refractivity (Wildman–Crippen MR) is 83.8 cm³/mol. The standard InChI is InChI=1S/C16H30N4/c1-6-20-9-7-15(8-10-20)12(2)18-13(3)16-11-17-19(5)14(16)4/h11-13,15,18H,6-10H2,1-5H3. The molecule has 2 atom stereocenters. The number of likely N-dealkylation sites (tertiary alicyclic amines) is 1. The summed E-state index contributed by atoms with van der Waals surface area (Å²) >= 11 is 0. The second-order valence-electron chi connectivity index (χ2n) is 6.26. The molecule has 0 radical (unpaired) electrons. The molecule has 4 nitrogen and oxygen atoms in total. The van der Waals surface area contributed by atoms with E-state index >= 15 is 0 Å². The quantitative estimate of drug-likeness (QED) is 0.898. The van der Waals surface area contributed by atoms with Crippen LogP contribution in [0, 0.1) is 12.8 Å². The predicted octanol–water partition coefficient (Wildman–Crippen LogP) is 2.50. The second-order valence-corrected chi connectivity index (χ2v) is 6.26. The van der Waals surface area contributed by atoms with Gasteiger partial charge in [0.15, 0.2) is 0 Å². The highest BCUT2D eigenvalue weighted by Crippen LogP contribution is 2.23. The van der Waals surface area contributed by atoms with Gasteiger partial charge in [-0.25, -0.2) is 0 Å². The number of aromatic nitrogens is 2. The number of piperidine rings is 1. The summed E-state index contributed by atoms with van der Waals surface area (Å²) in [5.74, 6) is 0.803. The molecule has 1 fully saturated rings. The first-order valence-electron chi connectivity index (χ1n) is 7.99. The highest BCUT2D eigenvalue weighted by molar-refractivity contribution is 5.19. The molecule has 2 unspecified atom stereocenters. The van der Waals surface area contributed by atoms with Crippen molar-refractivity contribution in [3.05, 3.63) is 17.5 Å². The summed E-state index contributed by atoms with van der Waals surface area (Å²) in [6, 6.07) is 0.950. The average Bonchev–Trinajstić information content (AvgIpc) is 2.79. The van der Waals surface area contributed by atoms with E-state index in [4.69, 9.17) is 0 Å². The van der Waals surface area contributed by atoms with Crippen molar-refractivity contribution in [3.63, 3.8) is 0 Å². The average molecular weight is 278 g/mol. The molecule has 1 aromatic heterocycles. The van der Waals surface area contributed by atoms with Crippen LogP contribution in [0.4, 0.5) is 0 Å². The molecule has 1 saturated heterocycles. The number of nitrogens with one attached hydrogen (secondary N) is 1. The first-order chi connectivity index (χ1) is 9.52. The van der Waals surface area contributed by atoms with Crippen molar-refractivity contribution >= 4 is 0 Å². The molecule has 1 aromatic rings. The van der Waals surface area contributed by atoms with Crippen molar-refractivity contribution in [1.29, 1.82) is 0 Å². The molecule has 20 heavy (non-hydrogen) atoms. The van der Waals surface area contributed by atoms with Crippen LogP contribution in [-0.4, -0.2) is 40.4 Å². The van der Waals surface area contributed by atoms with E-state index in [2.05, 4.69) is 43.0 Å². The molecule has 4 heteroatoms. The van der Waals surface area contributed by atoms with Crippen molar-refractivity contribution in [2.75, 3.05) is 19.6 Å². The Balaban J connectivity index is 1.88. The third kappa shape index (κ3) is 3.41. The maximum atomic E-state index is 4.35. The first-order valence-corrected chi connectivity index (χ1v) is 7.99. The minimum absolute atomic E-state index is 0.378. The summed E-state index contributed by atoms with van der Waals surface area (Å²) < 4.78 is 1.96. The molecule has 1 aliphatic heterocycles. The van der Waals surface area contributed by atoms with E-state index in [1.165, 1.54) is 43.7 Å². The lowest BCUT2D eigenvalue weighted by molar-refractivity contribution is 0.165. The molecule has 114 valence electrons. The van der Waals surface area contributed by atoms with Crippen molar-refractivity contribution in [2.45, 2.75) is 52.6 Å². The monoisotopic (exact) mass is 278 g/mol. The fourth-order valence-electron chi connectivity index (χ4n) is 3.33. The maximum Gasteiger partial charge on any atom is 0.0540 e. The third-order valence-corrected chi connectivity index (χ3v) is 5.04. The van der Waals surface area contributed by atoms with Gasteiger partial charge in [0.2, 0.25) is 0 Å². The summed E-state index contributed by atoms with van der Waals surface area (Å²) in [6.07, 6.45) is 4.64. The van der Waals surface area contributed by atoms with Gasteiger partial charge in [-0.15, -0.1) is 0 Å². The van der Waals surface area contributed by atoms with Crippen LogP contribution in [0.25, 0.3) is 0 Å². The summed E-state index contributed by atoms with van der Waals surface area (Å²) in [6.45, 7) is 12.7. The molecule has 1 N–H and O–H groups in total. The zero-order chi connectivity index (χ0) is 14.7. The summed E-state index contributed by atoms with van der Waals surface area (Å²) in [5.41, 5.74) is 2.59. The van der Waals surface area contributed by atoms with Gasteiger partial charge in [0.1, 0.15) is 0 Å². The Bertz CT molecular complexity index is 418. The fraction of sp³-hybridized carbons (Fsp3) is 0.812. The van der Waals surface area contributed by atoms with E-state index in [-0.39, 0.29) is 0 Å². The molecular weight excluding hydrogens is 248 g/mol. The molecule has 2 rings (SSSR count). The van der Waals surface area contributed by atoms with Gasteiger partial charge >= 0.3 is 0 Å². The SMILES string of the molecule is CCN1CCC(C(C)NC(C)c2cnn(C)c2C)CC1. The van der Waals surface area contributed by atoms with E-state index < -0.39 is 0 Å². The third-order valence-electron chi connectivity index (χ3n) is 5.04. The molecule has 0 bridgehead atoms. The van der Waals surface area contributed by atoms with E-state index in [9.17, 15) is 0 Å². The Kier molecular flexibility index (Phi) is 5.22. The van der Waals surface area contributed by atoms with Crippen molar-refractivity contribution in [1.82, 2.24) is 20.0 Å². The lowest BCUT2D eigenvalue weighted by Crippen LogP contribution is -2.42. The maximum absolute atomic E-state index is 4.35. The molecule has 0 saturated carbocycles. The van der Waals surface area contributed by atoms with Gasteiger partial charge in [0.25, 0.3) is 0 Å². The van der Waals surface area contributed by atoms with Crippen LogP contribution in [0.1, 0.15) is 50.9 Å². The molecule has 2 heterocycles. The largest absolute Gasteiger partial charge is 0.307 e.